The van der Waals surface area contributed by atoms with Crippen LogP contribution < -0.4 is 17.0 Å². The van der Waals surface area contributed by atoms with Crippen LogP contribution in [0.5, 0.6) is 0 Å². The molecule has 0 spiro atoms. The van der Waals surface area contributed by atoms with E-state index < -0.39 is 6.17 Å². The lowest BCUT2D eigenvalue weighted by Crippen LogP contribution is -2.34. The molecule has 1 aromatic rings. The molecule has 5 heteroatoms. The highest BCUT2D eigenvalue weighted by molar-refractivity contribution is 6.31. The van der Waals surface area contributed by atoms with E-state index in [1.54, 1.807) is 6.92 Å². The molecule has 0 amide bonds. The molecule has 0 fully saturated rings. The average molecular weight is 204 g/mol. The fraction of sp³-hybridized carbons (Fsp3) is 0.250. The molecule has 0 aliphatic heterocycles. The van der Waals surface area contributed by atoms with Crippen molar-refractivity contribution in [1.82, 2.24) is 5.43 Å². The van der Waals surface area contributed by atoms with Crippen LogP contribution in [0.3, 0.4) is 0 Å². The number of benzene rings is 1. The maximum absolute atomic E-state index is 13.1. The highest BCUT2D eigenvalue weighted by Gasteiger charge is 2.11. The number of hydrogen-bond acceptors (Lipinski definition) is 3. The van der Waals surface area contributed by atoms with Crippen molar-refractivity contribution in [1.29, 1.82) is 0 Å². The SMILES string of the molecule is Cc1cc(Cl)c(C(N)NN)cc1F. The van der Waals surface area contributed by atoms with E-state index in [9.17, 15) is 4.39 Å². The molecule has 0 aliphatic carbocycles. The van der Waals surface area contributed by atoms with Gasteiger partial charge in [-0.25, -0.2) is 9.82 Å². The van der Waals surface area contributed by atoms with Crippen LogP contribution in [0.15, 0.2) is 12.1 Å². The molecule has 0 saturated carbocycles. The van der Waals surface area contributed by atoms with E-state index in [1.165, 1.54) is 12.1 Å². The van der Waals surface area contributed by atoms with Gasteiger partial charge in [0.25, 0.3) is 0 Å². The third-order valence-corrected chi connectivity index (χ3v) is 2.12. The molecular formula is C8H11ClFN3. The molecule has 72 valence electrons. The Hall–Kier alpha value is -0.680. The molecule has 0 saturated heterocycles. The minimum atomic E-state index is -0.650. The van der Waals surface area contributed by atoms with Crippen LogP contribution in [0.1, 0.15) is 17.3 Å². The summed E-state index contributed by atoms with van der Waals surface area (Å²) in [6.07, 6.45) is -0.650. The third-order valence-electron chi connectivity index (χ3n) is 1.79. The Bertz CT molecular complexity index is 317. The maximum Gasteiger partial charge on any atom is 0.126 e. The summed E-state index contributed by atoms with van der Waals surface area (Å²) in [5, 5.41) is 0.407. The van der Waals surface area contributed by atoms with E-state index in [2.05, 4.69) is 5.43 Å². The Morgan fingerprint density at radius 2 is 2.15 bits per heavy atom. The molecule has 0 aromatic heterocycles. The average Bonchev–Trinajstić information content (AvgIpc) is 2.10. The minimum Gasteiger partial charge on any atom is -0.311 e. The van der Waals surface area contributed by atoms with E-state index in [-0.39, 0.29) is 5.82 Å². The third kappa shape index (κ3) is 2.16. The zero-order valence-corrected chi connectivity index (χ0v) is 7.90. The summed E-state index contributed by atoms with van der Waals surface area (Å²) in [6, 6.07) is 2.80. The summed E-state index contributed by atoms with van der Waals surface area (Å²) in [6.45, 7) is 1.63. The minimum absolute atomic E-state index is 0.342. The number of halogens is 2. The first-order valence-electron chi connectivity index (χ1n) is 3.73. The second kappa shape index (κ2) is 4.02. The van der Waals surface area contributed by atoms with Crippen LogP contribution in [0.2, 0.25) is 5.02 Å². The van der Waals surface area contributed by atoms with Crippen molar-refractivity contribution >= 4 is 11.6 Å². The van der Waals surface area contributed by atoms with Gasteiger partial charge in [-0.3, -0.25) is 5.84 Å². The molecule has 0 radical (unpaired) electrons. The quantitative estimate of drug-likeness (QED) is 0.385. The largest absolute Gasteiger partial charge is 0.311 e. The van der Waals surface area contributed by atoms with E-state index in [0.29, 0.717) is 16.1 Å². The van der Waals surface area contributed by atoms with Gasteiger partial charge in [0.05, 0.1) is 6.17 Å². The molecule has 1 rings (SSSR count). The lowest BCUT2D eigenvalue weighted by molar-refractivity contribution is 0.564. The number of hydrogen-bond donors (Lipinski definition) is 3. The highest BCUT2D eigenvalue weighted by atomic mass is 35.5. The molecule has 1 atom stereocenters. The molecule has 0 aliphatic rings. The van der Waals surface area contributed by atoms with Crippen molar-refractivity contribution in [3.8, 4) is 0 Å². The predicted octanol–water partition coefficient (Wildman–Crippen LogP) is 1.21. The first kappa shape index (κ1) is 10.4. The van der Waals surface area contributed by atoms with Gasteiger partial charge in [0, 0.05) is 10.6 Å². The van der Waals surface area contributed by atoms with Crippen molar-refractivity contribution in [3.05, 3.63) is 34.1 Å². The fourth-order valence-electron chi connectivity index (χ4n) is 0.990. The molecule has 3 nitrogen and oxygen atoms in total. The van der Waals surface area contributed by atoms with Crippen LogP contribution in [0.25, 0.3) is 0 Å². The Balaban J connectivity index is 3.15. The van der Waals surface area contributed by atoms with Gasteiger partial charge in [-0.15, -0.1) is 0 Å². The number of hydrazine groups is 1. The van der Waals surface area contributed by atoms with Gasteiger partial charge in [0.15, 0.2) is 0 Å². The Morgan fingerprint density at radius 1 is 1.54 bits per heavy atom. The Kier molecular flexibility index (Phi) is 3.22. The van der Waals surface area contributed by atoms with Crippen molar-refractivity contribution in [2.75, 3.05) is 0 Å². The van der Waals surface area contributed by atoms with Crippen LogP contribution in [0.4, 0.5) is 4.39 Å². The van der Waals surface area contributed by atoms with E-state index >= 15 is 0 Å². The standard InChI is InChI=1S/C8H11ClFN3/c1-4-2-6(9)5(3-7(4)10)8(11)13-12/h2-3,8,13H,11-12H2,1H3. The zero-order valence-electron chi connectivity index (χ0n) is 7.14. The second-order valence-corrected chi connectivity index (χ2v) is 3.17. The number of aryl methyl sites for hydroxylation is 1. The fourth-order valence-corrected chi connectivity index (χ4v) is 1.33. The van der Waals surface area contributed by atoms with Crippen molar-refractivity contribution in [2.45, 2.75) is 13.1 Å². The first-order valence-corrected chi connectivity index (χ1v) is 4.11. The maximum atomic E-state index is 13.1. The van der Waals surface area contributed by atoms with Gasteiger partial charge >= 0.3 is 0 Å². The summed E-state index contributed by atoms with van der Waals surface area (Å²) in [4.78, 5) is 0. The topological polar surface area (TPSA) is 64.1 Å². The summed E-state index contributed by atoms with van der Waals surface area (Å²) in [7, 11) is 0. The van der Waals surface area contributed by atoms with E-state index in [0.717, 1.165) is 0 Å². The van der Waals surface area contributed by atoms with Crippen LogP contribution in [-0.4, -0.2) is 0 Å². The highest BCUT2D eigenvalue weighted by Crippen LogP contribution is 2.23. The van der Waals surface area contributed by atoms with E-state index in [1.807, 2.05) is 0 Å². The van der Waals surface area contributed by atoms with Gasteiger partial charge in [-0.05, 0) is 24.6 Å². The van der Waals surface area contributed by atoms with Crippen LogP contribution >= 0.6 is 11.6 Å². The number of nitrogens with two attached hydrogens (primary N) is 2. The summed E-state index contributed by atoms with van der Waals surface area (Å²) >= 11 is 5.83. The smallest absolute Gasteiger partial charge is 0.126 e. The predicted molar refractivity (Wildman–Crippen MR) is 50.4 cm³/mol. The summed E-state index contributed by atoms with van der Waals surface area (Å²) in [5.41, 5.74) is 8.76. The molecule has 1 aromatic carbocycles. The lowest BCUT2D eigenvalue weighted by Gasteiger charge is -2.13. The van der Waals surface area contributed by atoms with Crippen LogP contribution in [0, 0.1) is 12.7 Å². The van der Waals surface area contributed by atoms with Gasteiger partial charge in [-0.1, -0.05) is 11.6 Å². The summed E-state index contributed by atoms with van der Waals surface area (Å²) < 4.78 is 13.1. The van der Waals surface area contributed by atoms with Crippen LogP contribution in [-0.2, 0) is 0 Å². The Labute approximate surface area is 80.8 Å². The lowest BCUT2D eigenvalue weighted by atomic mass is 10.1. The first-order chi connectivity index (χ1) is 6.06. The van der Waals surface area contributed by atoms with Gasteiger partial charge < -0.3 is 5.73 Å². The molecule has 1 unspecified atom stereocenters. The molecule has 13 heavy (non-hydrogen) atoms. The van der Waals surface area contributed by atoms with Crippen molar-refractivity contribution < 1.29 is 4.39 Å². The molecule has 5 N–H and O–H groups in total. The molecular weight excluding hydrogens is 193 g/mol. The Morgan fingerprint density at radius 3 is 2.69 bits per heavy atom. The number of nitrogens with one attached hydrogen (secondary N) is 1. The van der Waals surface area contributed by atoms with Crippen molar-refractivity contribution in [3.63, 3.8) is 0 Å². The normalized spacial score (nSPS) is 13.0. The van der Waals surface area contributed by atoms with Crippen molar-refractivity contribution in [2.24, 2.45) is 11.6 Å². The monoisotopic (exact) mass is 203 g/mol. The van der Waals surface area contributed by atoms with Gasteiger partial charge in [0.1, 0.15) is 5.82 Å². The van der Waals surface area contributed by atoms with E-state index in [4.69, 9.17) is 23.2 Å². The zero-order chi connectivity index (χ0) is 10.0. The van der Waals surface area contributed by atoms with Gasteiger partial charge in [0.2, 0.25) is 0 Å². The summed E-state index contributed by atoms with van der Waals surface area (Å²) in [5.74, 6) is 4.76. The van der Waals surface area contributed by atoms with Gasteiger partial charge in [-0.2, -0.15) is 0 Å². The number of rotatable bonds is 2. The second-order valence-electron chi connectivity index (χ2n) is 2.77. The molecule has 0 bridgehead atoms. The molecule has 0 heterocycles.